The predicted octanol–water partition coefficient (Wildman–Crippen LogP) is 1.44. The molecular weight excluding hydrogens is 228 g/mol. The van der Waals surface area contributed by atoms with Crippen LogP contribution in [-0.2, 0) is 9.53 Å². The number of ether oxygens (including phenoxy) is 1. The highest BCUT2D eigenvalue weighted by atomic mass is 16.5. The monoisotopic (exact) mass is 250 g/mol. The van der Waals surface area contributed by atoms with E-state index in [1.165, 1.54) is 0 Å². The number of nitrogens with zero attached hydrogens (tertiary/aromatic N) is 1. The molecule has 18 heavy (non-hydrogen) atoms. The molecule has 100 valence electrons. The van der Waals surface area contributed by atoms with Gasteiger partial charge in [-0.15, -0.1) is 0 Å². The van der Waals surface area contributed by atoms with Crippen LogP contribution in [0, 0.1) is 0 Å². The second kappa shape index (κ2) is 7.84. The fraction of sp³-hybridized carbons (Fsp3) is 0.500. The summed E-state index contributed by atoms with van der Waals surface area (Å²) in [6, 6.07) is 10.1. The van der Waals surface area contributed by atoms with Gasteiger partial charge in [-0.1, -0.05) is 30.3 Å². The minimum atomic E-state index is 0.0856. The minimum absolute atomic E-state index is 0.0856. The van der Waals surface area contributed by atoms with Crippen LogP contribution in [0.4, 0.5) is 0 Å². The number of carbonyl (C=O) groups excluding carboxylic acids is 1. The van der Waals surface area contributed by atoms with E-state index < -0.39 is 0 Å². The zero-order valence-corrected chi connectivity index (χ0v) is 11.3. The SMILES string of the molecule is COCCNCC(=O)N(C)C(C)c1ccccc1. The van der Waals surface area contributed by atoms with Gasteiger partial charge in [0.1, 0.15) is 0 Å². The van der Waals surface area contributed by atoms with Gasteiger partial charge >= 0.3 is 0 Å². The first-order valence-corrected chi connectivity index (χ1v) is 6.17. The number of benzene rings is 1. The molecule has 0 spiro atoms. The average molecular weight is 250 g/mol. The van der Waals surface area contributed by atoms with Crippen molar-refractivity contribution in [3.05, 3.63) is 35.9 Å². The van der Waals surface area contributed by atoms with Crippen LogP contribution in [0.25, 0.3) is 0 Å². The number of hydrogen-bond acceptors (Lipinski definition) is 3. The molecule has 0 fully saturated rings. The smallest absolute Gasteiger partial charge is 0.236 e. The molecule has 1 amide bonds. The number of nitrogens with one attached hydrogen (secondary N) is 1. The lowest BCUT2D eigenvalue weighted by molar-refractivity contribution is -0.130. The van der Waals surface area contributed by atoms with E-state index in [0.717, 1.165) is 5.56 Å². The van der Waals surface area contributed by atoms with Crippen LogP contribution in [0.2, 0.25) is 0 Å². The lowest BCUT2D eigenvalue weighted by Crippen LogP contribution is -2.38. The largest absolute Gasteiger partial charge is 0.383 e. The van der Waals surface area contributed by atoms with E-state index in [9.17, 15) is 4.79 Å². The van der Waals surface area contributed by atoms with Gasteiger partial charge in [0.15, 0.2) is 0 Å². The van der Waals surface area contributed by atoms with Crippen molar-refractivity contribution in [2.75, 3.05) is 33.9 Å². The van der Waals surface area contributed by atoms with Gasteiger partial charge in [-0.3, -0.25) is 4.79 Å². The molecule has 0 saturated heterocycles. The maximum atomic E-state index is 11.9. The molecular formula is C14H22N2O2. The highest BCUT2D eigenvalue weighted by molar-refractivity contribution is 5.78. The third kappa shape index (κ3) is 4.47. The molecule has 0 saturated carbocycles. The van der Waals surface area contributed by atoms with Gasteiger partial charge in [0.25, 0.3) is 0 Å². The van der Waals surface area contributed by atoms with Crippen LogP contribution in [-0.4, -0.2) is 44.7 Å². The van der Waals surface area contributed by atoms with Crippen LogP contribution >= 0.6 is 0 Å². The second-order valence-electron chi connectivity index (χ2n) is 4.26. The molecule has 1 aromatic rings. The Kier molecular flexibility index (Phi) is 6.39. The van der Waals surface area contributed by atoms with Crippen LogP contribution in [0.5, 0.6) is 0 Å². The molecule has 4 nitrogen and oxygen atoms in total. The van der Waals surface area contributed by atoms with Crippen LogP contribution in [0.15, 0.2) is 30.3 Å². The van der Waals surface area contributed by atoms with Gasteiger partial charge in [-0.2, -0.15) is 0 Å². The van der Waals surface area contributed by atoms with E-state index in [1.54, 1.807) is 12.0 Å². The van der Waals surface area contributed by atoms with Crippen molar-refractivity contribution in [2.24, 2.45) is 0 Å². The molecule has 0 aliphatic rings. The summed E-state index contributed by atoms with van der Waals surface area (Å²) in [5, 5.41) is 3.06. The van der Waals surface area contributed by atoms with Crippen LogP contribution in [0.3, 0.4) is 0 Å². The summed E-state index contributed by atoms with van der Waals surface area (Å²) in [5.74, 6) is 0.0856. The van der Waals surface area contributed by atoms with Gasteiger partial charge < -0.3 is 15.0 Å². The van der Waals surface area contributed by atoms with Crippen molar-refractivity contribution in [1.29, 1.82) is 0 Å². The predicted molar refractivity (Wildman–Crippen MR) is 72.4 cm³/mol. The molecule has 0 radical (unpaired) electrons. The van der Waals surface area contributed by atoms with E-state index in [-0.39, 0.29) is 11.9 Å². The topological polar surface area (TPSA) is 41.6 Å². The van der Waals surface area contributed by atoms with Crippen molar-refractivity contribution in [3.63, 3.8) is 0 Å². The van der Waals surface area contributed by atoms with Crippen molar-refractivity contribution >= 4 is 5.91 Å². The third-order valence-electron chi connectivity index (χ3n) is 3.02. The Balaban J connectivity index is 2.43. The summed E-state index contributed by atoms with van der Waals surface area (Å²) in [6.45, 7) is 3.68. The molecule has 1 N–H and O–H groups in total. The summed E-state index contributed by atoms with van der Waals surface area (Å²) in [6.07, 6.45) is 0. The molecule has 1 unspecified atom stereocenters. The molecule has 4 heteroatoms. The third-order valence-corrected chi connectivity index (χ3v) is 3.02. The van der Waals surface area contributed by atoms with Crippen LogP contribution < -0.4 is 5.32 Å². The maximum absolute atomic E-state index is 11.9. The quantitative estimate of drug-likeness (QED) is 0.745. The summed E-state index contributed by atoms with van der Waals surface area (Å²) in [7, 11) is 3.48. The average Bonchev–Trinajstić information content (AvgIpc) is 2.42. The summed E-state index contributed by atoms with van der Waals surface area (Å²) in [4.78, 5) is 13.7. The first-order valence-electron chi connectivity index (χ1n) is 6.17. The Bertz CT molecular complexity index is 354. The number of likely N-dealkylation sites (N-methyl/N-ethyl adjacent to an activating group) is 1. The zero-order valence-electron chi connectivity index (χ0n) is 11.3. The van der Waals surface area contributed by atoms with Crippen molar-refractivity contribution in [2.45, 2.75) is 13.0 Å². The molecule has 1 rings (SSSR count). The lowest BCUT2D eigenvalue weighted by Gasteiger charge is -2.25. The van der Waals surface area contributed by atoms with Crippen LogP contribution in [0.1, 0.15) is 18.5 Å². The van der Waals surface area contributed by atoms with Gasteiger partial charge in [0.2, 0.25) is 5.91 Å². The van der Waals surface area contributed by atoms with Gasteiger partial charge in [-0.25, -0.2) is 0 Å². The number of amides is 1. The Morgan fingerprint density at radius 3 is 2.67 bits per heavy atom. The van der Waals surface area contributed by atoms with Gasteiger partial charge in [0.05, 0.1) is 19.2 Å². The van der Waals surface area contributed by atoms with Crippen molar-refractivity contribution in [3.8, 4) is 0 Å². The Hall–Kier alpha value is -1.39. The Morgan fingerprint density at radius 1 is 1.39 bits per heavy atom. The summed E-state index contributed by atoms with van der Waals surface area (Å²) in [5.41, 5.74) is 1.14. The Morgan fingerprint density at radius 2 is 2.06 bits per heavy atom. The summed E-state index contributed by atoms with van der Waals surface area (Å²) >= 11 is 0. The minimum Gasteiger partial charge on any atom is -0.383 e. The molecule has 0 bridgehead atoms. The number of methoxy groups -OCH3 is 1. The molecule has 0 aliphatic carbocycles. The first kappa shape index (κ1) is 14.7. The molecule has 0 aliphatic heterocycles. The molecule has 1 aromatic carbocycles. The second-order valence-corrected chi connectivity index (χ2v) is 4.26. The fourth-order valence-corrected chi connectivity index (χ4v) is 1.67. The Labute approximate surface area is 109 Å². The van der Waals surface area contributed by atoms with E-state index in [1.807, 2.05) is 44.3 Å². The highest BCUT2D eigenvalue weighted by Gasteiger charge is 2.16. The van der Waals surface area contributed by atoms with E-state index >= 15 is 0 Å². The van der Waals surface area contributed by atoms with E-state index in [0.29, 0.717) is 19.7 Å². The van der Waals surface area contributed by atoms with Gasteiger partial charge in [-0.05, 0) is 12.5 Å². The van der Waals surface area contributed by atoms with E-state index in [2.05, 4.69) is 5.32 Å². The zero-order chi connectivity index (χ0) is 13.4. The molecule has 0 aromatic heterocycles. The highest BCUT2D eigenvalue weighted by Crippen LogP contribution is 2.17. The van der Waals surface area contributed by atoms with Gasteiger partial charge in [0, 0.05) is 20.7 Å². The molecule has 1 atom stereocenters. The standard InChI is InChI=1S/C14H22N2O2/c1-12(13-7-5-4-6-8-13)16(2)14(17)11-15-9-10-18-3/h4-8,12,15H,9-11H2,1-3H3. The summed E-state index contributed by atoms with van der Waals surface area (Å²) < 4.78 is 4.91. The molecule has 0 heterocycles. The first-order chi connectivity index (χ1) is 8.66. The normalized spacial score (nSPS) is 12.2. The van der Waals surface area contributed by atoms with Crippen molar-refractivity contribution in [1.82, 2.24) is 10.2 Å². The number of carbonyl (C=O) groups is 1. The lowest BCUT2D eigenvalue weighted by atomic mass is 10.1. The number of rotatable bonds is 7. The fourth-order valence-electron chi connectivity index (χ4n) is 1.67. The maximum Gasteiger partial charge on any atom is 0.236 e. The van der Waals surface area contributed by atoms with Crippen molar-refractivity contribution < 1.29 is 9.53 Å². The number of hydrogen-bond donors (Lipinski definition) is 1. The van der Waals surface area contributed by atoms with E-state index in [4.69, 9.17) is 4.74 Å².